The van der Waals surface area contributed by atoms with E-state index in [1.54, 1.807) is 9.47 Å². The summed E-state index contributed by atoms with van der Waals surface area (Å²) in [7, 11) is 0. The third-order valence-corrected chi connectivity index (χ3v) is 8.68. The number of anilines is 2. The number of hydrogen-bond donors (Lipinski definition) is 0. The second kappa shape index (κ2) is 14.0. The van der Waals surface area contributed by atoms with Gasteiger partial charge in [-0.15, -0.1) is 0 Å². The molecule has 0 aliphatic carbocycles. The van der Waals surface area contributed by atoms with E-state index in [9.17, 15) is 14.9 Å². The van der Waals surface area contributed by atoms with Crippen LogP contribution in [0.25, 0.3) is 6.08 Å². The van der Waals surface area contributed by atoms with Gasteiger partial charge in [-0.05, 0) is 50.5 Å². The SMILES string of the molecule is CCCCn1c(N2CCN(c3ccccc3)CC2)c(/C=C2/SC(=S)N(CCCOCC)C2=O)c(C)c(C#N)c1=O. The number of aromatic nitrogens is 1. The topological polar surface area (TPSA) is 81.8 Å². The number of ether oxygens (including phenoxy) is 1. The Balaban J connectivity index is 1.73. The Morgan fingerprint density at radius 2 is 1.75 bits per heavy atom. The first-order valence-corrected chi connectivity index (χ1v) is 15.2. The summed E-state index contributed by atoms with van der Waals surface area (Å²) >= 11 is 6.83. The first kappa shape index (κ1) is 29.8. The van der Waals surface area contributed by atoms with Crippen LogP contribution in [0.3, 0.4) is 0 Å². The number of piperazine rings is 1. The summed E-state index contributed by atoms with van der Waals surface area (Å²) in [6, 6.07) is 12.5. The molecule has 1 aromatic heterocycles. The quantitative estimate of drug-likeness (QED) is 0.214. The Bertz CT molecular complexity index is 1360. The highest BCUT2D eigenvalue weighted by molar-refractivity contribution is 8.26. The number of pyridine rings is 1. The molecule has 2 fully saturated rings. The van der Waals surface area contributed by atoms with Crippen molar-refractivity contribution in [2.75, 3.05) is 55.7 Å². The van der Waals surface area contributed by atoms with Gasteiger partial charge in [0.05, 0.1) is 4.91 Å². The first-order valence-electron chi connectivity index (χ1n) is 14.0. The fraction of sp³-hybridized carbons (Fsp3) is 0.467. The molecule has 0 spiro atoms. The molecule has 0 bridgehead atoms. The number of unbranched alkanes of at least 4 members (excludes halogenated alkanes) is 1. The molecule has 1 amide bonds. The lowest BCUT2D eigenvalue weighted by Gasteiger charge is -2.39. The van der Waals surface area contributed by atoms with E-state index in [4.69, 9.17) is 17.0 Å². The van der Waals surface area contributed by atoms with Gasteiger partial charge in [0.2, 0.25) is 0 Å². The zero-order valence-corrected chi connectivity index (χ0v) is 25.2. The number of nitrogens with zero attached hydrogens (tertiary/aromatic N) is 5. The number of hydrogen-bond acceptors (Lipinski definition) is 8. The van der Waals surface area contributed by atoms with Crippen LogP contribution in [-0.2, 0) is 16.1 Å². The molecule has 10 heteroatoms. The van der Waals surface area contributed by atoms with Crippen LogP contribution in [0.5, 0.6) is 0 Å². The smallest absolute Gasteiger partial charge is 0.270 e. The molecular formula is C30H37N5O3S2. The average molecular weight is 580 g/mol. The van der Waals surface area contributed by atoms with E-state index in [0.717, 1.165) is 37.3 Å². The maximum absolute atomic E-state index is 13.6. The van der Waals surface area contributed by atoms with E-state index in [1.807, 2.05) is 38.1 Å². The van der Waals surface area contributed by atoms with Gasteiger partial charge >= 0.3 is 0 Å². The number of carbonyl (C=O) groups excluding carboxylic acids is 1. The van der Waals surface area contributed by atoms with E-state index in [1.165, 1.54) is 17.4 Å². The highest BCUT2D eigenvalue weighted by Gasteiger charge is 2.33. The third-order valence-electron chi connectivity index (χ3n) is 7.31. The summed E-state index contributed by atoms with van der Waals surface area (Å²) in [5, 5.41) is 9.96. The fourth-order valence-corrected chi connectivity index (χ4v) is 6.41. The van der Waals surface area contributed by atoms with Crippen molar-refractivity contribution in [1.82, 2.24) is 9.47 Å². The van der Waals surface area contributed by atoms with Crippen LogP contribution in [0.1, 0.15) is 49.8 Å². The molecule has 2 saturated heterocycles. The van der Waals surface area contributed by atoms with Gasteiger partial charge in [0.25, 0.3) is 11.5 Å². The average Bonchev–Trinajstić information content (AvgIpc) is 3.24. The standard InChI is InChI=1S/C30H37N5O3S2/c1-4-6-13-34-27(33-17-15-32(16-18-33)23-11-8-7-9-12-23)24(22(3)25(21-31)28(34)36)20-26-29(37)35(30(39)40-26)14-10-19-38-5-2/h7-9,11-12,20H,4-6,10,13-19H2,1-3H3/b26-20+. The number of thioether (sulfide) groups is 1. The predicted molar refractivity (Wildman–Crippen MR) is 167 cm³/mol. The minimum Gasteiger partial charge on any atom is -0.382 e. The molecule has 212 valence electrons. The molecule has 40 heavy (non-hydrogen) atoms. The number of amides is 1. The van der Waals surface area contributed by atoms with E-state index < -0.39 is 0 Å². The van der Waals surface area contributed by atoms with Crippen LogP contribution in [0.15, 0.2) is 40.0 Å². The van der Waals surface area contributed by atoms with Gasteiger partial charge in [-0.25, -0.2) is 0 Å². The minimum absolute atomic E-state index is 0.126. The van der Waals surface area contributed by atoms with Crippen molar-refractivity contribution < 1.29 is 9.53 Å². The number of nitriles is 1. The summed E-state index contributed by atoms with van der Waals surface area (Å²) in [5.74, 6) is 0.639. The summed E-state index contributed by atoms with van der Waals surface area (Å²) in [6.45, 7) is 11.1. The van der Waals surface area contributed by atoms with Gasteiger partial charge in [0, 0.05) is 63.7 Å². The summed E-state index contributed by atoms with van der Waals surface area (Å²) in [5.41, 5.74) is 2.38. The number of thiocarbonyl (C=S) groups is 1. The van der Waals surface area contributed by atoms with Gasteiger partial charge in [0.15, 0.2) is 0 Å². The Hall–Kier alpha value is -3.13. The van der Waals surface area contributed by atoms with Gasteiger partial charge in [-0.1, -0.05) is 55.5 Å². The van der Waals surface area contributed by atoms with E-state index in [2.05, 4.69) is 34.9 Å². The van der Waals surface area contributed by atoms with Crippen LogP contribution in [-0.4, -0.2) is 65.6 Å². The van der Waals surface area contributed by atoms with Gasteiger partial charge in [-0.2, -0.15) is 5.26 Å². The van der Waals surface area contributed by atoms with Crippen molar-refractivity contribution in [2.45, 2.75) is 46.6 Å². The second-order valence-corrected chi connectivity index (χ2v) is 11.5. The first-order chi connectivity index (χ1) is 19.4. The molecule has 2 aliphatic rings. The number of benzene rings is 1. The molecule has 2 aromatic rings. The van der Waals surface area contributed by atoms with Gasteiger partial charge in [-0.3, -0.25) is 19.1 Å². The van der Waals surface area contributed by atoms with Crippen LogP contribution < -0.4 is 15.4 Å². The molecule has 4 rings (SSSR count). The van der Waals surface area contributed by atoms with Crippen molar-refractivity contribution in [3.63, 3.8) is 0 Å². The summed E-state index contributed by atoms with van der Waals surface area (Å²) in [4.78, 5) is 33.7. The normalized spacial score (nSPS) is 16.8. The molecule has 1 aromatic carbocycles. The Morgan fingerprint density at radius 1 is 1.05 bits per heavy atom. The molecule has 3 heterocycles. The molecular weight excluding hydrogens is 542 g/mol. The molecule has 0 unspecified atom stereocenters. The highest BCUT2D eigenvalue weighted by atomic mass is 32.2. The molecule has 0 saturated carbocycles. The van der Waals surface area contributed by atoms with Gasteiger partial charge in [0.1, 0.15) is 21.8 Å². The molecule has 8 nitrogen and oxygen atoms in total. The lowest BCUT2D eigenvalue weighted by atomic mass is 10.0. The van der Waals surface area contributed by atoms with Crippen LogP contribution in [0.2, 0.25) is 0 Å². The molecule has 2 aliphatic heterocycles. The van der Waals surface area contributed by atoms with Crippen molar-refractivity contribution in [2.24, 2.45) is 0 Å². The van der Waals surface area contributed by atoms with E-state index >= 15 is 0 Å². The fourth-order valence-electron chi connectivity index (χ4n) is 5.12. The zero-order chi connectivity index (χ0) is 28.6. The summed E-state index contributed by atoms with van der Waals surface area (Å²) in [6.07, 6.45) is 4.27. The van der Waals surface area contributed by atoms with Crippen molar-refractivity contribution in [1.29, 1.82) is 5.26 Å². The maximum Gasteiger partial charge on any atom is 0.270 e. The second-order valence-electron chi connectivity index (χ2n) is 9.85. The number of para-hydroxylation sites is 1. The Kier molecular flexibility index (Phi) is 10.4. The van der Waals surface area contributed by atoms with Crippen LogP contribution in [0, 0.1) is 18.3 Å². The van der Waals surface area contributed by atoms with Crippen molar-refractivity contribution in [3.05, 3.63) is 62.3 Å². The van der Waals surface area contributed by atoms with Crippen molar-refractivity contribution >= 4 is 51.8 Å². The summed E-state index contributed by atoms with van der Waals surface area (Å²) < 4.78 is 7.70. The van der Waals surface area contributed by atoms with Crippen LogP contribution in [0.4, 0.5) is 11.5 Å². The highest BCUT2D eigenvalue weighted by Crippen LogP contribution is 2.36. The van der Waals surface area contributed by atoms with E-state index in [-0.39, 0.29) is 17.0 Å². The minimum atomic E-state index is -0.269. The molecule has 0 radical (unpaired) electrons. The molecule has 0 N–H and O–H groups in total. The Morgan fingerprint density at radius 3 is 2.40 bits per heavy atom. The van der Waals surface area contributed by atoms with Crippen LogP contribution >= 0.6 is 24.0 Å². The van der Waals surface area contributed by atoms with Gasteiger partial charge < -0.3 is 14.5 Å². The lowest BCUT2D eigenvalue weighted by Crippen LogP contribution is -2.48. The Labute approximate surface area is 246 Å². The monoisotopic (exact) mass is 579 g/mol. The van der Waals surface area contributed by atoms with E-state index in [0.29, 0.717) is 60.6 Å². The number of carbonyl (C=O) groups is 1. The maximum atomic E-state index is 13.6. The zero-order valence-electron chi connectivity index (χ0n) is 23.5. The predicted octanol–water partition coefficient (Wildman–Crippen LogP) is 4.78. The molecule has 0 atom stereocenters. The lowest BCUT2D eigenvalue weighted by molar-refractivity contribution is -0.122. The number of rotatable bonds is 11. The largest absolute Gasteiger partial charge is 0.382 e. The third kappa shape index (κ3) is 6.43. The van der Waals surface area contributed by atoms with Crippen molar-refractivity contribution in [3.8, 4) is 6.07 Å².